The van der Waals surface area contributed by atoms with Crippen molar-refractivity contribution in [2.75, 3.05) is 4.72 Å². The van der Waals surface area contributed by atoms with Crippen LogP contribution in [0, 0.1) is 0 Å². The van der Waals surface area contributed by atoms with Crippen LogP contribution in [0.2, 0.25) is 0 Å². The molecule has 0 saturated heterocycles. The SMILES string of the molecule is O=c1oc(C2(Cc3ccccc3)CCCC2)cc(O)c1C1(Cc2cccc(NS(=O)(=O)c3ccccc3)c2)CC1. The van der Waals surface area contributed by atoms with Crippen molar-refractivity contribution < 1.29 is 17.9 Å². The molecule has 2 fully saturated rings. The number of hydrogen-bond donors (Lipinski definition) is 2. The molecular weight excluding hydrogens is 522 g/mol. The van der Waals surface area contributed by atoms with E-state index in [1.54, 1.807) is 54.6 Å². The molecule has 1 aromatic heterocycles. The highest BCUT2D eigenvalue weighted by atomic mass is 32.2. The van der Waals surface area contributed by atoms with Crippen molar-refractivity contribution in [2.45, 2.75) is 67.1 Å². The molecule has 0 unspecified atom stereocenters. The van der Waals surface area contributed by atoms with Crippen molar-refractivity contribution in [3.05, 3.63) is 124 Å². The van der Waals surface area contributed by atoms with Gasteiger partial charge < -0.3 is 9.52 Å². The summed E-state index contributed by atoms with van der Waals surface area (Å²) in [5, 5.41) is 11.2. The molecule has 0 aliphatic heterocycles. The van der Waals surface area contributed by atoms with Crippen molar-refractivity contribution in [1.29, 1.82) is 0 Å². The van der Waals surface area contributed by atoms with Crippen molar-refractivity contribution in [2.24, 2.45) is 0 Å². The van der Waals surface area contributed by atoms with Gasteiger partial charge >= 0.3 is 5.63 Å². The minimum atomic E-state index is -3.72. The van der Waals surface area contributed by atoms with Gasteiger partial charge in [0.15, 0.2) is 0 Å². The summed E-state index contributed by atoms with van der Waals surface area (Å²) < 4.78 is 34.3. The van der Waals surface area contributed by atoms with Gasteiger partial charge in [-0.15, -0.1) is 0 Å². The van der Waals surface area contributed by atoms with Crippen LogP contribution in [-0.2, 0) is 33.7 Å². The molecule has 2 aliphatic rings. The van der Waals surface area contributed by atoms with E-state index in [1.165, 1.54) is 5.56 Å². The summed E-state index contributed by atoms with van der Waals surface area (Å²) in [7, 11) is -3.72. The van der Waals surface area contributed by atoms with Gasteiger partial charge in [0.2, 0.25) is 0 Å². The van der Waals surface area contributed by atoms with Gasteiger partial charge in [0.1, 0.15) is 11.5 Å². The number of anilines is 1. The van der Waals surface area contributed by atoms with E-state index in [2.05, 4.69) is 16.9 Å². The van der Waals surface area contributed by atoms with E-state index in [1.807, 2.05) is 24.3 Å². The molecule has 0 atom stereocenters. The molecule has 7 heteroatoms. The Hall–Kier alpha value is -3.84. The van der Waals surface area contributed by atoms with Crippen LogP contribution >= 0.6 is 0 Å². The van der Waals surface area contributed by atoms with Gasteiger partial charge in [-0.05, 0) is 73.9 Å². The molecule has 2 aliphatic carbocycles. The zero-order valence-corrected chi connectivity index (χ0v) is 23.1. The largest absolute Gasteiger partial charge is 0.507 e. The molecule has 0 amide bonds. The van der Waals surface area contributed by atoms with Crippen molar-refractivity contribution in [3.63, 3.8) is 0 Å². The number of hydrogen-bond acceptors (Lipinski definition) is 5. The molecule has 0 bridgehead atoms. The summed E-state index contributed by atoms with van der Waals surface area (Å²) in [5.74, 6) is 0.581. The molecule has 6 nitrogen and oxygen atoms in total. The third-order valence-electron chi connectivity index (χ3n) is 8.56. The number of rotatable bonds is 9. The average molecular weight is 556 g/mol. The van der Waals surface area contributed by atoms with Crippen molar-refractivity contribution >= 4 is 15.7 Å². The summed E-state index contributed by atoms with van der Waals surface area (Å²) in [5.41, 5.74) is 1.57. The van der Waals surface area contributed by atoms with Crippen LogP contribution in [0.1, 0.15) is 61.0 Å². The van der Waals surface area contributed by atoms with Crippen LogP contribution in [0.25, 0.3) is 0 Å². The molecule has 0 spiro atoms. The van der Waals surface area contributed by atoms with E-state index in [-0.39, 0.29) is 16.1 Å². The van der Waals surface area contributed by atoms with Crippen LogP contribution in [0.5, 0.6) is 5.75 Å². The Morgan fingerprint density at radius 1 is 0.750 bits per heavy atom. The van der Waals surface area contributed by atoms with Crippen LogP contribution in [0.15, 0.2) is 105 Å². The van der Waals surface area contributed by atoms with Crippen molar-refractivity contribution in [3.8, 4) is 5.75 Å². The Morgan fingerprint density at radius 3 is 2.02 bits per heavy atom. The Bertz CT molecular complexity index is 1670. The van der Waals surface area contributed by atoms with E-state index in [0.717, 1.165) is 50.5 Å². The fourth-order valence-corrected chi connectivity index (χ4v) is 7.47. The first-order chi connectivity index (χ1) is 19.3. The number of aromatic hydroxyl groups is 1. The second-order valence-corrected chi connectivity index (χ2v) is 13.1. The van der Waals surface area contributed by atoms with E-state index in [4.69, 9.17) is 4.42 Å². The average Bonchev–Trinajstić information content (AvgIpc) is 3.54. The quantitative estimate of drug-likeness (QED) is 0.247. The maximum Gasteiger partial charge on any atom is 0.343 e. The first-order valence-corrected chi connectivity index (χ1v) is 15.4. The summed E-state index contributed by atoms with van der Waals surface area (Å²) in [6, 6.07) is 27.4. The van der Waals surface area contributed by atoms with Crippen molar-refractivity contribution in [1.82, 2.24) is 0 Å². The number of benzene rings is 3. The maximum absolute atomic E-state index is 13.5. The lowest BCUT2D eigenvalue weighted by molar-refractivity contribution is 0.304. The molecule has 0 radical (unpaired) electrons. The van der Waals surface area contributed by atoms with Gasteiger partial charge in [-0.25, -0.2) is 13.2 Å². The minimum absolute atomic E-state index is 0.00372. The van der Waals surface area contributed by atoms with Crippen LogP contribution in [-0.4, -0.2) is 13.5 Å². The van der Waals surface area contributed by atoms with Gasteiger partial charge in [-0.2, -0.15) is 0 Å². The number of sulfonamides is 1. The second kappa shape index (κ2) is 10.3. The van der Waals surface area contributed by atoms with Gasteiger partial charge in [0.05, 0.1) is 10.5 Å². The first-order valence-electron chi connectivity index (χ1n) is 13.9. The molecular formula is C33H33NO5S. The first kappa shape index (κ1) is 26.4. The monoisotopic (exact) mass is 555 g/mol. The standard InChI is InChI=1S/C33H33NO5S/c35-28-21-29(32(16-7-8-17-32)22-24-10-3-1-4-11-24)39-31(36)30(28)33(18-19-33)23-25-12-9-13-26(20-25)34-40(37,38)27-14-5-2-6-15-27/h1-6,9-15,20-21,34-35H,7-8,16-19,22-23H2. The van der Waals surface area contributed by atoms with Gasteiger partial charge in [-0.3, -0.25) is 4.72 Å². The second-order valence-electron chi connectivity index (χ2n) is 11.4. The summed E-state index contributed by atoms with van der Waals surface area (Å²) in [4.78, 5) is 13.7. The number of nitrogens with one attached hydrogen (secondary N) is 1. The highest BCUT2D eigenvalue weighted by Crippen LogP contribution is 2.53. The molecule has 6 rings (SSSR count). The Labute approximate surface area is 234 Å². The lowest BCUT2D eigenvalue weighted by Gasteiger charge is -2.28. The predicted octanol–water partition coefficient (Wildman–Crippen LogP) is 6.48. The predicted molar refractivity (Wildman–Crippen MR) is 155 cm³/mol. The van der Waals surface area contributed by atoms with Gasteiger partial charge in [-0.1, -0.05) is 73.5 Å². The zero-order chi connectivity index (χ0) is 27.8. The Morgan fingerprint density at radius 2 is 1.38 bits per heavy atom. The lowest BCUT2D eigenvalue weighted by Crippen LogP contribution is -2.29. The molecule has 40 heavy (non-hydrogen) atoms. The smallest absolute Gasteiger partial charge is 0.343 e. The highest BCUT2D eigenvalue weighted by molar-refractivity contribution is 7.92. The normalized spacial score (nSPS) is 17.4. The van der Waals surface area contributed by atoms with Crippen LogP contribution < -0.4 is 10.3 Å². The maximum atomic E-state index is 13.5. The molecule has 4 aromatic rings. The topological polar surface area (TPSA) is 96.6 Å². The summed E-state index contributed by atoms with van der Waals surface area (Å²) in [6.45, 7) is 0. The van der Waals surface area contributed by atoms with Crippen LogP contribution in [0.3, 0.4) is 0 Å². The molecule has 2 saturated carbocycles. The fraction of sp³-hybridized carbons (Fsp3) is 0.303. The van der Waals surface area contributed by atoms with Crippen LogP contribution in [0.4, 0.5) is 5.69 Å². The fourth-order valence-electron chi connectivity index (χ4n) is 6.39. The molecule has 206 valence electrons. The third kappa shape index (κ3) is 5.18. The molecule has 2 N–H and O–H groups in total. The highest BCUT2D eigenvalue weighted by Gasteiger charge is 2.49. The van der Waals surface area contributed by atoms with Gasteiger partial charge in [0.25, 0.3) is 10.0 Å². The summed E-state index contributed by atoms with van der Waals surface area (Å²) >= 11 is 0. The van der Waals surface area contributed by atoms with E-state index >= 15 is 0 Å². The van der Waals surface area contributed by atoms with Gasteiger partial charge in [0, 0.05) is 22.6 Å². The zero-order valence-electron chi connectivity index (χ0n) is 22.3. The Kier molecular flexibility index (Phi) is 6.78. The molecule has 3 aromatic carbocycles. The van der Waals surface area contributed by atoms with E-state index < -0.39 is 21.1 Å². The summed E-state index contributed by atoms with van der Waals surface area (Å²) in [6.07, 6.45) is 6.73. The van der Waals surface area contributed by atoms with E-state index in [9.17, 15) is 18.3 Å². The minimum Gasteiger partial charge on any atom is -0.507 e. The van der Waals surface area contributed by atoms with E-state index in [0.29, 0.717) is 23.4 Å². The lowest BCUT2D eigenvalue weighted by atomic mass is 9.77. The Balaban J connectivity index is 1.26. The third-order valence-corrected chi connectivity index (χ3v) is 9.96. The molecule has 1 heterocycles.